The van der Waals surface area contributed by atoms with E-state index in [0.717, 1.165) is 29.2 Å². The van der Waals surface area contributed by atoms with Crippen LogP contribution in [0.5, 0.6) is 0 Å². The highest BCUT2D eigenvalue weighted by molar-refractivity contribution is 8.00. The summed E-state index contributed by atoms with van der Waals surface area (Å²) in [5.74, 6) is -0.945. The second-order valence-corrected chi connectivity index (χ2v) is 15.1. The average Bonchev–Trinajstić information content (AvgIpc) is 3.57. The molecule has 0 radical (unpaired) electrons. The third-order valence-corrected chi connectivity index (χ3v) is 10.7. The van der Waals surface area contributed by atoms with Crippen molar-refractivity contribution < 1.29 is 32.0 Å². The van der Waals surface area contributed by atoms with Crippen molar-refractivity contribution in [1.29, 1.82) is 0 Å². The largest absolute Gasteiger partial charge is 0.475 e. The van der Waals surface area contributed by atoms with E-state index < -0.39 is 36.8 Å². The molecule has 2 N–H and O–H groups in total. The summed E-state index contributed by atoms with van der Waals surface area (Å²) in [6.07, 6.45) is 21.3. The molecule has 0 spiro atoms. The molecule has 13 heteroatoms. The van der Waals surface area contributed by atoms with E-state index in [1.807, 2.05) is 30.3 Å². The Hall–Kier alpha value is -1.79. The molecule has 1 unspecified atom stereocenters. The number of aromatic nitrogens is 2. The van der Waals surface area contributed by atoms with Gasteiger partial charge < -0.3 is 15.2 Å². The Morgan fingerprint density at radius 1 is 0.875 bits per heavy atom. The van der Waals surface area contributed by atoms with Crippen LogP contribution in [0.25, 0.3) is 0 Å². The molecule has 1 saturated heterocycles. The van der Waals surface area contributed by atoms with Crippen LogP contribution >= 0.6 is 19.6 Å². The van der Waals surface area contributed by atoms with Gasteiger partial charge in [-0.1, -0.05) is 134 Å². The molecule has 3 rings (SSSR count). The van der Waals surface area contributed by atoms with Crippen molar-refractivity contribution in [2.45, 2.75) is 128 Å². The molecule has 1 aliphatic heterocycles. The van der Waals surface area contributed by atoms with Crippen molar-refractivity contribution in [3.63, 3.8) is 0 Å². The molecule has 272 valence electrons. The first-order valence-corrected chi connectivity index (χ1v) is 20.4. The summed E-state index contributed by atoms with van der Waals surface area (Å²) in [5, 5.41) is 0. The molecule has 0 saturated carbocycles. The number of nitrogens with two attached hydrogens (primary N) is 1. The minimum Gasteiger partial charge on any atom is -0.381 e. The number of halogens is 1. The van der Waals surface area contributed by atoms with Crippen LogP contribution in [-0.2, 0) is 34.2 Å². The number of ether oxygens (including phenoxy) is 2. The molecule has 3 atom stereocenters. The van der Waals surface area contributed by atoms with Gasteiger partial charge in [0.1, 0.15) is 11.7 Å². The number of benzene rings is 1. The highest BCUT2D eigenvalue weighted by Crippen LogP contribution is 2.51. The summed E-state index contributed by atoms with van der Waals surface area (Å²) < 4.78 is 56.9. The highest BCUT2D eigenvalue weighted by atomic mass is 32.2. The van der Waals surface area contributed by atoms with Gasteiger partial charge >= 0.3 is 13.5 Å². The molecule has 1 aromatic carbocycles. The van der Waals surface area contributed by atoms with Crippen molar-refractivity contribution in [1.82, 2.24) is 9.55 Å². The van der Waals surface area contributed by atoms with Crippen LogP contribution in [0, 0.1) is 5.82 Å². The zero-order chi connectivity index (χ0) is 34.3. The van der Waals surface area contributed by atoms with Gasteiger partial charge in [0.05, 0.1) is 32.6 Å². The van der Waals surface area contributed by atoms with Gasteiger partial charge in [0.25, 0.3) is 0 Å². The molecular formula is C35H57FN3O7PS. The molecule has 1 fully saturated rings. The second kappa shape index (κ2) is 24.4. The maximum Gasteiger partial charge on any atom is 0.475 e. The second-order valence-electron chi connectivity index (χ2n) is 12.3. The Morgan fingerprint density at radius 3 is 2.10 bits per heavy atom. The van der Waals surface area contributed by atoms with Gasteiger partial charge in [-0.3, -0.25) is 18.1 Å². The summed E-state index contributed by atoms with van der Waals surface area (Å²) in [6.45, 7) is 3.09. The zero-order valence-electron chi connectivity index (χ0n) is 28.7. The van der Waals surface area contributed by atoms with Crippen LogP contribution < -0.4 is 11.4 Å². The third-order valence-electron chi connectivity index (χ3n) is 8.20. The Kier molecular flexibility index (Phi) is 20.6. The summed E-state index contributed by atoms with van der Waals surface area (Å²) in [5.41, 5.74) is 4.88. The van der Waals surface area contributed by atoms with Crippen LogP contribution in [-0.4, -0.2) is 47.2 Å². The Balaban J connectivity index is 1.25. The first-order chi connectivity index (χ1) is 23.4. The van der Waals surface area contributed by atoms with E-state index >= 15 is 0 Å². The van der Waals surface area contributed by atoms with Crippen molar-refractivity contribution in [3.05, 3.63) is 58.4 Å². The fourth-order valence-corrected chi connectivity index (χ4v) is 7.63. The number of phosphoric ester groups is 1. The molecule has 10 nitrogen and oxygen atoms in total. The van der Waals surface area contributed by atoms with Crippen LogP contribution in [0.3, 0.4) is 0 Å². The van der Waals surface area contributed by atoms with E-state index in [1.165, 1.54) is 102 Å². The van der Waals surface area contributed by atoms with E-state index in [9.17, 15) is 13.8 Å². The summed E-state index contributed by atoms with van der Waals surface area (Å²) in [7, 11) is -3.98. The van der Waals surface area contributed by atoms with Crippen molar-refractivity contribution in [2.24, 2.45) is 0 Å². The fourth-order valence-electron chi connectivity index (χ4n) is 5.39. The molecule has 1 aliphatic rings. The third kappa shape index (κ3) is 16.7. The monoisotopic (exact) mass is 713 g/mol. The summed E-state index contributed by atoms with van der Waals surface area (Å²) in [6, 6.07) is 9.30. The molecule has 48 heavy (non-hydrogen) atoms. The summed E-state index contributed by atoms with van der Waals surface area (Å²) >= 11 is 1.33. The number of hydrogen-bond acceptors (Lipinski definition) is 10. The van der Waals surface area contributed by atoms with Crippen LogP contribution in [0.1, 0.15) is 121 Å². The number of nitrogens with zero attached hydrogens (tertiary/aromatic N) is 2. The maximum atomic E-state index is 13.9. The SMILES string of the molecule is CCCCCCCCCCCCCCCCCCOCCOP(=O)(OCc1ccccc1)OC[C@H]1O[C@@H](n2cc(F)c(N)nc2=O)CS1. The van der Waals surface area contributed by atoms with E-state index in [0.29, 0.717) is 12.4 Å². The minimum absolute atomic E-state index is 0.0330. The van der Waals surface area contributed by atoms with E-state index in [1.54, 1.807) is 0 Å². The standard InChI is InChI=1S/C35H57FN3O7PS/c1-2-3-4-5-6-7-8-9-10-11-12-13-14-15-16-20-23-42-24-25-43-47(41,44-27-30-21-18-17-19-22-30)45-28-33-46-32(29-48-33)39-26-31(36)34(37)38-35(39)40/h17-19,21-22,26,32-33H,2-16,20,23-25,27-29H2,1H3,(H2,37,38,40)/t32-,33+,47?/m1/s1. The van der Waals surface area contributed by atoms with Crippen molar-refractivity contribution in [3.8, 4) is 0 Å². The topological polar surface area (TPSA) is 124 Å². The predicted octanol–water partition coefficient (Wildman–Crippen LogP) is 9.19. The van der Waals surface area contributed by atoms with Gasteiger partial charge in [-0.2, -0.15) is 4.98 Å². The highest BCUT2D eigenvalue weighted by Gasteiger charge is 2.33. The number of phosphoric acid groups is 1. The maximum absolute atomic E-state index is 13.9. The van der Waals surface area contributed by atoms with Crippen LogP contribution in [0.15, 0.2) is 41.3 Å². The number of nitrogen functional groups attached to an aromatic ring is 1. The van der Waals surface area contributed by atoms with Gasteiger partial charge in [0.2, 0.25) is 0 Å². The number of thioether (sulfide) groups is 1. The van der Waals surface area contributed by atoms with Gasteiger partial charge in [-0.05, 0) is 12.0 Å². The summed E-state index contributed by atoms with van der Waals surface area (Å²) in [4.78, 5) is 15.6. The minimum atomic E-state index is -3.98. The average molecular weight is 714 g/mol. The van der Waals surface area contributed by atoms with Gasteiger partial charge in [0.15, 0.2) is 11.6 Å². The molecular weight excluding hydrogens is 656 g/mol. The van der Waals surface area contributed by atoms with Crippen molar-refractivity contribution in [2.75, 3.05) is 37.9 Å². The smallest absolute Gasteiger partial charge is 0.381 e. The van der Waals surface area contributed by atoms with Crippen molar-refractivity contribution >= 4 is 25.4 Å². The lowest BCUT2D eigenvalue weighted by molar-refractivity contribution is -0.0132. The van der Waals surface area contributed by atoms with E-state index in [-0.39, 0.29) is 26.4 Å². The fraction of sp³-hybridized carbons (Fsp3) is 0.714. The first-order valence-electron chi connectivity index (χ1n) is 17.9. The Bertz CT molecular complexity index is 1240. The van der Waals surface area contributed by atoms with Gasteiger partial charge in [-0.25, -0.2) is 13.8 Å². The quantitative estimate of drug-likeness (QED) is 0.0674. The van der Waals surface area contributed by atoms with E-state index in [4.69, 9.17) is 28.8 Å². The molecule has 0 aliphatic carbocycles. The molecule has 2 aromatic rings. The molecule has 0 amide bonds. The predicted molar refractivity (Wildman–Crippen MR) is 190 cm³/mol. The lowest BCUT2D eigenvalue weighted by Crippen LogP contribution is -2.30. The van der Waals surface area contributed by atoms with Crippen LogP contribution in [0.2, 0.25) is 0 Å². The molecule has 2 heterocycles. The van der Waals surface area contributed by atoms with Gasteiger partial charge in [0, 0.05) is 12.4 Å². The number of hydrogen-bond donors (Lipinski definition) is 1. The van der Waals surface area contributed by atoms with Gasteiger partial charge in [-0.15, -0.1) is 11.8 Å². The zero-order valence-corrected chi connectivity index (χ0v) is 30.4. The lowest BCUT2D eigenvalue weighted by atomic mass is 10.0. The molecule has 0 bridgehead atoms. The molecule has 1 aromatic heterocycles. The number of unbranched alkanes of at least 4 members (excludes halogenated alkanes) is 15. The lowest BCUT2D eigenvalue weighted by Gasteiger charge is -2.20. The normalized spacial score (nSPS) is 17.5. The first kappa shape index (κ1) is 40.6. The van der Waals surface area contributed by atoms with E-state index in [2.05, 4.69) is 11.9 Å². The number of rotatable bonds is 28. The number of anilines is 1. The Labute approximate surface area is 290 Å². The van der Waals surface area contributed by atoms with Crippen LogP contribution in [0.4, 0.5) is 10.2 Å². The Morgan fingerprint density at radius 2 is 1.48 bits per heavy atom.